The van der Waals surface area contributed by atoms with E-state index in [0.717, 1.165) is 11.5 Å². The van der Waals surface area contributed by atoms with Crippen LogP contribution in [0.15, 0.2) is 59.3 Å². The van der Waals surface area contributed by atoms with E-state index in [0.29, 0.717) is 17.2 Å². The van der Waals surface area contributed by atoms with Gasteiger partial charge in [0.25, 0.3) is 0 Å². The van der Waals surface area contributed by atoms with Crippen LogP contribution in [0, 0.1) is 0 Å². The first-order valence-corrected chi connectivity index (χ1v) is 10.1. The molecule has 23 heavy (non-hydrogen) atoms. The number of ether oxygens (including phenoxy) is 2. The molecular formula is C18H18O2P2S. The first kappa shape index (κ1) is 16.5. The molecule has 2 aromatic carbocycles. The summed E-state index contributed by atoms with van der Waals surface area (Å²) in [6, 6.07) is 16.6. The van der Waals surface area contributed by atoms with Crippen molar-refractivity contribution in [3.8, 4) is 11.5 Å². The maximum atomic E-state index is 5.32. The fourth-order valence-electron chi connectivity index (χ4n) is 2.20. The molecule has 118 valence electrons. The summed E-state index contributed by atoms with van der Waals surface area (Å²) in [6.07, 6.45) is 0. The van der Waals surface area contributed by atoms with E-state index in [2.05, 4.69) is 47.2 Å². The van der Waals surface area contributed by atoms with Crippen molar-refractivity contribution < 1.29 is 9.47 Å². The molecule has 5 heteroatoms. The van der Waals surface area contributed by atoms with Crippen molar-refractivity contribution in [1.29, 1.82) is 0 Å². The van der Waals surface area contributed by atoms with Crippen LogP contribution in [0.5, 0.6) is 11.5 Å². The van der Waals surface area contributed by atoms with E-state index in [1.165, 1.54) is 21.2 Å². The average Bonchev–Trinajstić information content (AvgIpc) is 3.02. The quantitative estimate of drug-likeness (QED) is 0.629. The molecule has 0 spiro atoms. The van der Waals surface area contributed by atoms with E-state index in [4.69, 9.17) is 9.47 Å². The highest BCUT2D eigenvalue weighted by molar-refractivity contribution is 7.63. The molecule has 0 aliphatic carbocycles. The zero-order valence-electron chi connectivity index (χ0n) is 13.0. The Kier molecular flexibility index (Phi) is 5.67. The second-order valence-corrected chi connectivity index (χ2v) is 8.39. The van der Waals surface area contributed by atoms with Gasteiger partial charge in [0.15, 0.2) is 0 Å². The molecule has 2 atom stereocenters. The van der Waals surface area contributed by atoms with Crippen LogP contribution < -0.4 is 30.7 Å². The Hall–Kier alpha value is -1.40. The van der Waals surface area contributed by atoms with Crippen molar-refractivity contribution in [2.45, 2.75) is 0 Å². The molecule has 1 heterocycles. The van der Waals surface area contributed by atoms with Crippen LogP contribution in [-0.4, -0.2) is 14.2 Å². The Morgan fingerprint density at radius 3 is 1.65 bits per heavy atom. The lowest BCUT2D eigenvalue weighted by atomic mass is 10.3. The Morgan fingerprint density at radius 1 is 0.739 bits per heavy atom. The molecule has 3 rings (SSSR count). The highest BCUT2D eigenvalue weighted by atomic mass is 32.1. The SMILES string of the molecule is COc1cccc(Pc2cscc2Pc2cccc(OC)c2)c1. The van der Waals surface area contributed by atoms with E-state index in [9.17, 15) is 0 Å². The first-order chi connectivity index (χ1) is 11.3. The summed E-state index contributed by atoms with van der Waals surface area (Å²) >= 11 is 1.78. The lowest BCUT2D eigenvalue weighted by Crippen LogP contribution is -2.16. The van der Waals surface area contributed by atoms with Gasteiger partial charge in [-0.15, -0.1) is 0 Å². The first-order valence-electron chi connectivity index (χ1n) is 7.17. The van der Waals surface area contributed by atoms with Crippen LogP contribution in [-0.2, 0) is 0 Å². The number of hydrogen-bond donors (Lipinski definition) is 0. The molecule has 2 unspecified atom stereocenters. The number of hydrogen-bond acceptors (Lipinski definition) is 3. The predicted octanol–water partition coefficient (Wildman–Crippen LogP) is 3.02. The highest BCUT2D eigenvalue weighted by Gasteiger charge is 2.07. The van der Waals surface area contributed by atoms with Gasteiger partial charge in [-0.25, -0.2) is 0 Å². The summed E-state index contributed by atoms with van der Waals surface area (Å²) in [5.41, 5.74) is 0. The topological polar surface area (TPSA) is 18.5 Å². The highest BCUT2D eigenvalue weighted by Crippen LogP contribution is 2.21. The smallest absolute Gasteiger partial charge is 0.119 e. The molecule has 0 saturated heterocycles. The maximum Gasteiger partial charge on any atom is 0.119 e. The van der Waals surface area contributed by atoms with Gasteiger partial charge >= 0.3 is 0 Å². The van der Waals surface area contributed by atoms with Crippen LogP contribution in [0.25, 0.3) is 0 Å². The van der Waals surface area contributed by atoms with Gasteiger partial charge in [-0.1, -0.05) is 41.4 Å². The maximum absolute atomic E-state index is 5.32. The molecule has 0 N–H and O–H groups in total. The summed E-state index contributed by atoms with van der Waals surface area (Å²) in [7, 11) is 4.73. The summed E-state index contributed by atoms with van der Waals surface area (Å²) in [5, 5.41) is 9.98. The predicted molar refractivity (Wildman–Crippen MR) is 105 cm³/mol. The van der Waals surface area contributed by atoms with Crippen LogP contribution in [0.1, 0.15) is 0 Å². The van der Waals surface area contributed by atoms with E-state index >= 15 is 0 Å². The van der Waals surface area contributed by atoms with Gasteiger partial charge in [0.1, 0.15) is 11.5 Å². The monoisotopic (exact) mass is 360 g/mol. The second-order valence-electron chi connectivity index (χ2n) is 4.91. The molecule has 0 radical (unpaired) electrons. The molecule has 0 aliphatic heterocycles. The van der Waals surface area contributed by atoms with Crippen molar-refractivity contribution >= 4 is 49.7 Å². The van der Waals surface area contributed by atoms with Crippen LogP contribution in [0.4, 0.5) is 0 Å². The van der Waals surface area contributed by atoms with Crippen LogP contribution in [0.3, 0.4) is 0 Å². The standard InChI is InChI=1S/C18H18O2P2S/c1-19-13-5-3-7-15(9-13)21-17-11-23-12-18(17)22-16-8-4-6-14(10-16)20-2/h3-12,21-22H,1-2H3. The Labute approximate surface area is 144 Å². The molecule has 3 aromatic rings. The summed E-state index contributed by atoms with van der Waals surface area (Å²) < 4.78 is 10.6. The summed E-state index contributed by atoms with van der Waals surface area (Å²) in [4.78, 5) is 0. The fourth-order valence-corrected chi connectivity index (χ4v) is 6.08. The zero-order valence-corrected chi connectivity index (χ0v) is 15.8. The van der Waals surface area contributed by atoms with E-state index in [-0.39, 0.29) is 0 Å². The van der Waals surface area contributed by atoms with Crippen LogP contribution >= 0.6 is 28.5 Å². The fraction of sp³-hybridized carbons (Fsp3) is 0.111. The Morgan fingerprint density at radius 2 is 1.22 bits per heavy atom. The molecule has 0 aliphatic rings. The number of methoxy groups -OCH3 is 2. The van der Waals surface area contributed by atoms with Crippen molar-refractivity contribution in [2.75, 3.05) is 14.2 Å². The van der Waals surface area contributed by atoms with Gasteiger partial charge in [-0.05, 0) is 56.2 Å². The minimum Gasteiger partial charge on any atom is -0.497 e. The molecule has 2 nitrogen and oxygen atoms in total. The molecule has 1 aromatic heterocycles. The summed E-state index contributed by atoms with van der Waals surface area (Å²) in [5.74, 6) is 1.84. The third-order valence-corrected chi connectivity index (χ3v) is 7.34. The van der Waals surface area contributed by atoms with E-state index in [1.807, 2.05) is 12.1 Å². The number of thiophene rings is 1. The van der Waals surface area contributed by atoms with Crippen molar-refractivity contribution in [3.63, 3.8) is 0 Å². The third kappa shape index (κ3) is 4.32. The molecule has 0 bridgehead atoms. The molecule has 0 fully saturated rings. The third-order valence-electron chi connectivity index (χ3n) is 3.36. The van der Waals surface area contributed by atoms with Gasteiger partial charge < -0.3 is 9.47 Å². The van der Waals surface area contributed by atoms with E-state index < -0.39 is 0 Å². The largest absolute Gasteiger partial charge is 0.497 e. The van der Waals surface area contributed by atoms with Gasteiger partial charge in [-0.2, -0.15) is 11.3 Å². The minimum absolute atomic E-state index is 0.655. The van der Waals surface area contributed by atoms with Crippen molar-refractivity contribution in [1.82, 2.24) is 0 Å². The Balaban J connectivity index is 1.78. The lowest BCUT2D eigenvalue weighted by Gasteiger charge is -2.08. The number of rotatable bonds is 6. The number of benzene rings is 2. The van der Waals surface area contributed by atoms with Gasteiger partial charge in [0, 0.05) is 0 Å². The van der Waals surface area contributed by atoms with Gasteiger partial charge in [-0.3, -0.25) is 0 Å². The van der Waals surface area contributed by atoms with Crippen LogP contribution in [0.2, 0.25) is 0 Å². The minimum atomic E-state index is 0.655. The molecule has 0 saturated carbocycles. The lowest BCUT2D eigenvalue weighted by molar-refractivity contribution is 0.415. The molecule has 0 amide bonds. The van der Waals surface area contributed by atoms with E-state index in [1.54, 1.807) is 25.6 Å². The molecular weight excluding hydrogens is 342 g/mol. The van der Waals surface area contributed by atoms with Crippen molar-refractivity contribution in [3.05, 3.63) is 59.3 Å². The normalized spacial score (nSPS) is 11.6. The Bertz CT molecular complexity index is 722. The second kappa shape index (κ2) is 7.93. The average molecular weight is 360 g/mol. The van der Waals surface area contributed by atoms with Gasteiger partial charge in [0.2, 0.25) is 0 Å². The van der Waals surface area contributed by atoms with Gasteiger partial charge in [0.05, 0.1) is 14.2 Å². The summed E-state index contributed by atoms with van der Waals surface area (Å²) in [6.45, 7) is 0. The van der Waals surface area contributed by atoms with Crippen molar-refractivity contribution in [2.24, 2.45) is 0 Å². The zero-order chi connectivity index (χ0) is 16.1.